The molecule has 1 atom stereocenters. The lowest BCUT2D eigenvalue weighted by Crippen LogP contribution is -2.42. The van der Waals surface area contributed by atoms with Crippen LogP contribution in [0.3, 0.4) is 0 Å². The van der Waals surface area contributed by atoms with Gasteiger partial charge in [0, 0.05) is 23.3 Å². The number of hydrogen-bond donors (Lipinski definition) is 1. The summed E-state index contributed by atoms with van der Waals surface area (Å²) in [5.74, 6) is -3.86. The van der Waals surface area contributed by atoms with E-state index in [9.17, 15) is 26.8 Å². The van der Waals surface area contributed by atoms with Gasteiger partial charge in [-0.2, -0.15) is 4.31 Å². The smallest absolute Gasteiger partial charge is 0.324 e. The lowest BCUT2D eigenvalue weighted by molar-refractivity contribution is -0.150. The van der Waals surface area contributed by atoms with Crippen molar-refractivity contribution in [3.63, 3.8) is 0 Å². The van der Waals surface area contributed by atoms with Gasteiger partial charge >= 0.3 is 5.97 Å². The Hall–Kier alpha value is -2.56. The van der Waals surface area contributed by atoms with Gasteiger partial charge in [-0.05, 0) is 49.2 Å². The van der Waals surface area contributed by atoms with Crippen molar-refractivity contribution >= 4 is 39.2 Å². The number of esters is 1. The number of ether oxygens (including phenoxy) is 1. The van der Waals surface area contributed by atoms with Crippen LogP contribution in [-0.2, 0) is 24.3 Å². The lowest BCUT2D eigenvalue weighted by Gasteiger charge is -2.22. The molecule has 1 aliphatic heterocycles. The molecule has 0 aromatic heterocycles. The Balaban J connectivity index is 1.62. The minimum absolute atomic E-state index is 0.0113. The van der Waals surface area contributed by atoms with E-state index in [1.54, 1.807) is 0 Å². The molecule has 0 bridgehead atoms. The molecule has 1 amide bonds. The maximum Gasteiger partial charge on any atom is 0.324 e. The quantitative estimate of drug-likeness (QED) is 0.672. The van der Waals surface area contributed by atoms with Crippen molar-refractivity contribution in [3.8, 4) is 0 Å². The molecule has 3 rings (SSSR count). The Kier molecular flexibility index (Phi) is 6.69. The molecule has 1 fully saturated rings. The zero-order valence-corrected chi connectivity index (χ0v) is 17.1. The van der Waals surface area contributed by atoms with Crippen molar-refractivity contribution in [2.24, 2.45) is 0 Å². The number of rotatable bonds is 6. The summed E-state index contributed by atoms with van der Waals surface area (Å²) in [6.07, 6.45) is 0.698. The number of sulfonamides is 1. The number of nitrogens with one attached hydrogen (secondary N) is 1. The van der Waals surface area contributed by atoms with Crippen LogP contribution in [-0.4, -0.2) is 43.8 Å². The number of halogens is 3. The van der Waals surface area contributed by atoms with Gasteiger partial charge in [-0.3, -0.25) is 9.59 Å². The van der Waals surface area contributed by atoms with E-state index in [0.717, 1.165) is 22.5 Å². The summed E-state index contributed by atoms with van der Waals surface area (Å²) >= 11 is 5.79. The van der Waals surface area contributed by atoms with E-state index < -0.39 is 46.2 Å². The average Bonchev–Trinajstić information content (AvgIpc) is 3.20. The van der Waals surface area contributed by atoms with Crippen molar-refractivity contribution in [2.45, 2.75) is 23.8 Å². The second-order valence-electron chi connectivity index (χ2n) is 6.51. The first-order chi connectivity index (χ1) is 14.2. The van der Waals surface area contributed by atoms with Crippen molar-refractivity contribution in [1.82, 2.24) is 4.31 Å². The van der Waals surface area contributed by atoms with Gasteiger partial charge in [-0.1, -0.05) is 11.6 Å². The van der Waals surface area contributed by atoms with E-state index in [-0.39, 0.29) is 23.5 Å². The highest BCUT2D eigenvalue weighted by atomic mass is 35.5. The zero-order valence-electron chi connectivity index (χ0n) is 15.5. The summed E-state index contributed by atoms with van der Waals surface area (Å²) in [4.78, 5) is 24.3. The number of carbonyl (C=O) groups excluding carboxylic acids is 2. The Morgan fingerprint density at radius 1 is 1.13 bits per heavy atom. The molecule has 160 valence electrons. The molecular weight excluding hydrogens is 442 g/mol. The maximum atomic E-state index is 13.2. The number of anilines is 1. The van der Waals surface area contributed by atoms with Gasteiger partial charge in [-0.25, -0.2) is 17.2 Å². The summed E-state index contributed by atoms with van der Waals surface area (Å²) in [6, 6.07) is 7.25. The molecule has 1 heterocycles. The Morgan fingerprint density at radius 3 is 2.50 bits per heavy atom. The molecule has 2 aromatic rings. The topological polar surface area (TPSA) is 92.8 Å². The van der Waals surface area contributed by atoms with Gasteiger partial charge in [0.25, 0.3) is 5.91 Å². The highest BCUT2D eigenvalue weighted by Crippen LogP contribution is 2.27. The predicted octanol–water partition coefficient (Wildman–Crippen LogP) is 2.95. The molecule has 0 radical (unpaired) electrons. The van der Waals surface area contributed by atoms with Gasteiger partial charge in [0.05, 0.1) is 4.90 Å². The maximum absolute atomic E-state index is 13.2. The van der Waals surface area contributed by atoms with Gasteiger partial charge in [-0.15, -0.1) is 0 Å². The van der Waals surface area contributed by atoms with Crippen molar-refractivity contribution < 1.29 is 31.5 Å². The predicted molar refractivity (Wildman–Crippen MR) is 104 cm³/mol. The van der Waals surface area contributed by atoms with Crippen LogP contribution >= 0.6 is 11.6 Å². The van der Waals surface area contributed by atoms with Gasteiger partial charge in [0.15, 0.2) is 18.2 Å². The van der Waals surface area contributed by atoms with Crippen molar-refractivity contribution in [3.05, 3.63) is 59.1 Å². The van der Waals surface area contributed by atoms with Crippen LogP contribution in [0.1, 0.15) is 12.8 Å². The van der Waals surface area contributed by atoms with E-state index in [0.29, 0.717) is 11.4 Å². The number of carbonyl (C=O) groups is 2. The van der Waals surface area contributed by atoms with Crippen molar-refractivity contribution in [2.75, 3.05) is 18.5 Å². The first kappa shape index (κ1) is 22.1. The van der Waals surface area contributed by atoms with Crippen molar-refractivity contribution in [1.29, 1.82) is 0 Å². The monoisotopic (exact) mass is 458 g/mol. The third-order valence-electron chi connectivity index (χ3n) is 4.44. The molecule has 0 spiro atoms. The minimum atomic E-state index is -3.95. The van der Waals surface area contributed by atoms with Crippen LogP contribution in [0, 0.1) is 11.6 Å². The molecule has 1 N–H and O–H groups in total. The van der Waals surface area contributed by atoms with Crippen LogP contribution in [0.15, 0.2) is 47.4 Å². The summed E-state index contributed by atoms with van der Waals surface area (Å²) in [5.41, 5.74) is -0.0113. The first-order valence-corrected chi connectivity index (χ1v) is 10.7. The fourth-order valence-electron chi connectivity index (χ4n) is 3.01. The number of nitrogens with zero attached hydrogens (tertiary/aromatic N) is 1. The third-order valence-corrected chi connectivity index (χ3v) is 6.62. The van der Waals surface area contributed by atoms with E-state index in [4.69, 9.17) is 16.3 Å². The van der Waals surface area contributed by atoms with Crippen LogP contribution < -0.4 is 5.32 Å². The van der Waals surface area contributed by atoms with Crippen LogP contribution in [0.4, 0.5) is 14.5 Å². The summed E-state index contributed by atoms with van der Waals surface area (Å²) in [5, 5.41) is 2.63. The largest absolute Gasteiger partial charge is 0.454 e. The van der Waals surface area contributed by atoms with Gasteiger partial charge < -0.3 is 10.1 Å². The minimum Gasteiger partial charge on any atom is -0.454 e. The van der Waals surface area contributed by atoms with Gasteiger partial charge in [0.1, 0.15) is 6.04 Å². The fraction of sp³-hybridized carbons (Fsp3) is 0.263. The molecule has 0 aliphatic carbocycles. The molecule has 0 saturated carbocycles. The molecule has 2 aromatic carbocycles. The Bertz CT molecular complexity index is 1060. The molecule has 7 nitrogen and oxygen atoms in total. The Labute approximate surface area is 176 Å². The number of hydrogen-bond acceptors (Lipinski definition) is 5. The van der Waals surface area contributed by atoms with E-state index >= 15 is 0 Å². The molecule has 30 heavy (non-hydrogen) atoms. The normalized spacial score (nSPS) is 17.0. The summed E-state index contributed by atoms with van der Waals surface area (Å²) < 4.78 is 57.7. The van der Waals surface area contributed by atoms with Crippen LogP contribution in [0.25, 0.3) is 0 Å². The van der Waals surface area contributed by atoms with Crippen LogP contribution in [0.5, 0.6) is 0 Å². The second-order valence-corrected chi connectivity index (χ2v) is 8.84. The van der Waals surface area contributed by atoms with E-state index in [1.165, 1.54) is 24.3 Å². The SMILES string of the molecule is O=C(COC(=O)[C@@H]1CCCN1S(=O)(=O)c1ccc(Cl)cc1)Nc1ccc(F)c(F)c1. The Morgan fingerprint density at radius 2 is 1.83 bits per heavy atom. The molecule has 1 saturated heterocycles. The summed E-state index contributed by atoms with van der Waals surface area (Å²) in [7, 11) is -3.95. The summed E-state index contributed by atoms with van der Waals surface area (Å²) in [6.45, 7) is -0.574. The molecular formula is C19H17ClF2N2O5S. The van der Waals surface area contributed by atoms with Gasteiger partial charge in [0.2, 0.25) is 10.0 Å². The highest BCUT2D eigenvalue weighted by molar-refractivity contribution is 7.89. The number of amides is 1. The average molecular weight is 459 g/mol. The highest BCUT2D eigenvalue weighted by Gasteiger charge is 2.40. The van der Waals surface area contributed by atoms with E-state index in [1.807, 2.05) is 0 Å². The third kappa shape index (κ3) is 4.94. The zero-order chi connectivity index (χ0) is 21.9. The first-order valence-electron chi connectivity index (χ1n) is 8.87. The van der Waals surface area contributed by atoms with E-state index in [2.05, 4.69) is 5.32 Å². The van der Waals surface area contributed by atoms with Crippen LogP contribution in [0.2, 0.25) is 5.02 Å². The molecule has 11 heteroatoms. The standard InChI is InChI=1S/C19H17ClF2N2O5S/c20-12-3-6-14(7-4-12)30(27,28)24-9-1-2-17(24)19(26)29-11-18(25)23-13-5-8-15(21)16(22)10-13/h3-8,10,17H,1-2,9,11H2,(H,23,25)/t17-/m0/s1. The number of benzene rings is 2. The fourth-order valence-corrected chi connectivity index (χ4v) is 4.78. The molecule has 0 unspecified atom stereocenters. The lowest BCUT2D eigenvalue weighted by atomic mass is 10.2. The second kappa shape index (κ2) is 9.07. The molecule has 1 aliphatic rings.